The fourth-order valence-corrected chi connectivity index (χ4v) is 6.78. The minimum absolute atomic E-state index is 0.200. The van der Waals surface area contributed by atoms with Gasteiger partial charge in [-0.2, -0.15) is 0 Å². The zero-order valence-electron chi connectivity index (χ0n) is 13.4. The van der Waals surface area contributed by atoms with Gasteiger partial charge in [-0.15, -0.1) is 0 Å². The van der Waals surface area contributed by atoms with Crippen molar-refractivity contribution in [1.29, 1.82) is 0 Å². The molecule has 1 nitrogen and oxygen atoms in total. The van der Waals surface area contributed by atoms with E-state index in [4.69, 9.17) is 23.2 Å². The van der Waals surface area contributed by atoms with E-state index in [1.807, 2.05) is 24.3 Å². The van der Waals surface area contributed by atoms with Gasteiger partial charge in [0.15, 0.2) is 0 Å². The molecule has 126 valence electrons. The van der Waals surface area contributed by atoms with Gasteiger partial charge in [0.2, 0.25) is 0 Å². The molecule has 1 atom stereocenters. The molecule has 3 rings (SSSR count). The third-order valence-electron chi connectivity index (χ3n) is 4.44. The summed E-state index contributed by atoms with van der Waals surface area (Å²) in [5.41, 5.74) is 1.99. The average Bonchev–Trinajstić information content (AvgIpc) is 3.08. The second-order valence-corrected chi connectivity index (χ2v) is 10.3. The van der Waals surface area contributed by atoms with E-state index in [0.29, 0.717) is 31.2 Å². The first-order chi connectivity index (χ1) is 11.6. The Balaban J connectivity index is 1.76. The van der Waals surface area contributed by atoms with Crippen LogP contribution in [0.1, 0.15) is 52.8 Å². The Hall–Kier alpha value is -0.791. The van der Waals surface area contributed by atoms with Crippen molar-refractivity contribution in [3.05, 3.63) is 69.7 Å². The fraction of sp³-hybridized carbons (Fsp3) is 0.350. The molecule has 1 aliphatic rings. The van der Waals surface area contributed by atoms with Crippen LogP contribution in [0.4, 0.5) is 0 Å². The van der Waals surface area contributed by atoms with Crippen LogP contribution in [0.15, 0.2) is 48.5 Å². The number of hydrogen-bond acceptors (Lipinski definition) is 1. The molecular weight excluding hydrogens is 406 g/mol. The monoisotopic (exact) mass is 426 g/mol. The van der Waals surface area contributed by atoms with E-state index in [0.717, 1.165) is 15.4 Å². The summed E-state index contributed by atoms with van der Waals surface area (Å²) in [6.07, 6.45) is 5.88. The Labute approximate surface area is 159 Å². The summed E-state index contributed by atoms with van der Waals surface area (Å²) in [6.45, 7) is 0. The zero-order valence-corrected chi connectivity index (χ0v) is 16.6. The van der Waals surface area contributed by atoms with E-state index in [-0.39, 0.29) is 5.78 Å². The van der Waals surface area contributed by atoms with Crippen molar-refractivity contribution in [1.82, 2.24) is 0 Å². The minimum atomic E-state index is 0.200. The molecule has 0 N–H and O–H groups in total. The molecule has 4 heteroatoms. The molecule has 0 amide bonds. The summed E-state index contributed by atoms with van der Waals surface area (Å²) in [6, 6.07) is 15.3. The van der Waals surface area contributed by atoms with Crippen molar-refractivity contribution in [3.8, 4) is 0 Å². The molecular formula is C20H20Cl2OSe. The van der Waals surface area contributed by atoms with Crippen LogP contribution in [0.5, 0.6) is 0 Å². The normalized spacial score (nSPS) is 16.2. The van der Waals surface area contributed by atoms with Gasteiger partial charge in [-0.05, 0) is 0 Å². The van der Waals surface area contributed by atoms with Gasteiger partial charge in [0.1, 0.15) is 0 Å². The van der Waals surface area contributed by atoms with E-state index in [2.05, 4.69) is 12.1 Å². The Morgan fingerprint density at radius 3 is 2.08 bits per heavy atom. The van der Waals surface area contributed by atoms with Gasteiger partial charge in [-0.3, -0.25) is 0 Å². The summed E-state index contributed by atoms with van der Waals surface area (Å²) in [7, 11) is 0. The SMILES string of the molecule is O=C(C[C@@H]([Se]C1CCCC1)c1ccc(Cl)cc1)c1ccc(Cl)cc1. The maximum absolute atomic E-state index is 12.7. The molecule has 2 aromatic carbocycles. The van der Waals surface area contributed by atoms with Crippen LogP contribution < -0.4 is 0 Å². The van der Waals surface area contributed by atoms with Crippen LogP contribution in [-0.4, -0.2) is 20.7 Å². The van der Waals surface area contributed by atoms with Gasteiger partial charge in [0.05, 0.1) is 0 Å². The van der Waals surface area contributed by atoms with Crippen molar-refractivity contribution >= 4 is 43.9 Å². The van der Waals surface area contributed by atoms with Gasteiger partial charge in [-0.25, -0.2) is 0 Å². The first kappa shape index (κ1) is 18.0. The topological polar surface area (TPSA) is 17.1 Å². The molecule has 2 aromatic rings. The van der Waals surface area contributed by atoms with E-state index in [1.54, 1.807) is 12.1 Å². The molecule has 0 spiro atoms. The van der Waals surface area contributed by atoms with Crippen molar-refractivity contribution in [2.75, 3.05) is 0 Å². The zero-order chi connectivity index (χ0) is 16.9. The summed E-state index contributed by atoms with van der Waals surface area (Å²) in [5.74, 6) is 0.200. The number of carbonyl (C=O) groups excluding carboxylic acids is 1. The third kappa shape index (κ3) is 4.86. The Bertz CT molecular complexity index is 676. The van der Waals surface area contributed by atoms with Gasteiger partial charge in [-0.1, -0.05) is 0 Å². The summed E-state index contributed by atoms with van der Waals surface area (Å²) in [5, 5.41) is 1.41. The Morgan fingerprint density at radius 2 is 1.50 bits per heavy atom. The van der Waals surface area contributed by atoms with Gasteiger partial charge in [0, 0.05) is 0 Å². The van der Waals surface area contributed by atoms with Gasteiger partial charge in [0.25, 0.3) is 0 Å². The van der Waals surface area contributed by atoms with Crippen LogP contribution in [0.25, 0.3) is 0 Å². The van der Waals surface area contributed by atoms with Crippen molar-refractivity contribution in [2.24, 2.45) is 0 Å². The fourth-order valence-electron chi connectivity index (χ4n) is 3.10. The van der Waals surface area contributed by atoms with Gasteiger partial charge < -0.3 is 0 Å². The van der Waals surface area contributed by atoms with Crippen LogP contribution in [0.3, 0.4) is 0 Å². The second-order valence-electron chi connectivity index (χ2n) is 6.22. The first-order valence-electron chi connectivity index (χ1n) is 8.31. The Kier molecular flexibility index (Phi) is 6.41. The molecule has 0 radical (unpaired) electrons. The summed E-state index contributed by atoms with van der Waals surface area (Å²) in [4.78, 5) is 13.8. The van der Waals surface area contributed by atoms with Crippen molar-refractivity contribution in [3.63, 3.8) is 0 Å². The van der Waals surface area contributed by atoms with Gasteiger partial charge >= 0.3 is 160 Å². The van der Waals surface area contributed by atoms with Crippen molar-refractivity contribution in [2.45, 2.75) is 41.7 Å². The molecule has 0 unspecified atom stereocenters. The number of Topliss-reactive ketones (excluding diaryl/α,β-unsaturated/α-hetero) is 1. The average molecular weight is 426 g/mol. The number of halogens is 2. The summed E-state index contributed by atoms with van der Waals surface area (Å²) >= 11 is 12.4. The predicted octanol–water partition coefficient (Wildman–Crippen LogP) is 6.37. The van der Waals surface area contributed by atoms with E-state index >= 15 is 0 Å². The molecule has 0 saturated heterocycles. The molecule has 1 aliphatic carbocycles. The second kappa shape index (κ2) is 8.54. The predicted molar refractivity (Wildman–Crippen MR) is 103 cm³/mol. The quantitative estimate of drug-likeness (QED) is 0.387. The molecule has 0 aromatic heterocycles. The first-order valence-corrected chi connectivity index (χ1v) is 11.0. The standard InChI is InChI=1S/C20H20Cl2OSe/c21-16-9-5-14(6-10-16)19(23)13-20(24-18-3-1-2-4-18)15-7-11-17(22)12-8-15/h5-12,18,20H,1-4,13H2/t20-/m1/s1. The molecule has 1 saturated carbocycles. The number of hydrogen-bond donors (Lipinski definition) is 0. The van der Waals surface area contributed by atoms with Crippen molar-refractivity contribution < 1.29 is 4.79 Å². The molecule has 0 aliphatic heterocycles. The molecule has 0 heterocycles. The van der Waals surface area contributed by atoms with E-state index in [9.17, 15) is 4.79 Å². The van der Waals surface area contributed by atoms with Crippen LogP contribution in [-0.2, 0) is 0 Å². The third-order valence-corrected chi connectivity index (χ3v) is 8.35. The summed E-state index contributed by atoms with van der Waals surface area (Å²) < 4.78 is 0. The number of ketones is 1. The Morgan fingerprint density at radius 1 is 0.958 bits per heavy atom. The van der Waals surface area contributed by atoms with Crippen LogP contribution in [0.2, 0.25) is 14.9 Å². The van der Waals surface area contributed by atoms with Crippen LogP contribution >= 0.6 is 23.2 Å². The number of carbonyl (C=O) groups is 1. The van der Waals surface area contributed by atoms with E-state index in [1.165, 1.54) is 31.2 Å². The molecule has 0 bridgehead atoms. The maximum atomic E-state index is 12.7. The van der Waals surface area contributed by atoms with Crippen LogP contribution in [0, 0.1) is 0 Å². The number of benzene rings is 2. The molecule has 1 fully saturated rings. The van der Waals surface area contributed by atoms with E-state index < -0.39 is 0 Å². The number of rotatable bonds is 6. The molecule has 24 heavy (non-hydrogen) atoms.